The molecule has 0 aliphatic carbocycles. The van der Waals surface area contributed by atoms with Crippen molar-refractivity contribution >= 4 is 5.82 Å². The number of nitrogens with zero attached hydrogens (tertiary/aromatic N) is 3. The minimum Gasteiger partial charge on any atom is -0.357 e. The Morgan fingerprint density at radius 1 is 1.15 bits per heavy atom. The van der Waals surface area contributed by atoms with E-state index in [1.807, 2.05) is 6.92 Å². The van der Waals surface area contributed by atoms with Crippen molar-refractivity contribution in [2.24, 2.45) is 0 Å². The Hall–Kier alpha value is -1.12. The smallest absolute Gasteiger partial charge is 0.132 e. The molecule has 0 N–H and O–H groups in total. The van der Waals surface area contributed by atoms with Crippen molar-refractivity contribution in [3.63, 3.8) is 0 Å². The first-order valence-corrected chi connectivity index (χ1v) is 4.90. The first-order chi connectivity index (χ1) is 6.36. The van der Waals surface area contributed by atoms with Crippen LogP contribution in [0.1, 0.15) is 25.0 Å². The van der Waals surface area contributed by atoms with Gasteiger partial charge in [0.25, 0.3) is 0 Å². The summed E-state index contributed by atoms with van der Waals surface area (Å²) in [6.07, 6.45) is 5.60. The molecule has 3 heteroatoms. The molecule has 1 fully saturated rings. The van der Waals surface area contributed by atoms with Crippen LogP contribution in [0.15, 0.2) is 12.4 Å². The second kappa shape index (κ2) is 3.73. The zero-order valence-electron chi connectivity index (χ0n) is 8.03. The Labute approximate surface area is 78.8 Å². The largest absolute Gasteiger partial charge is 0.357 e. The van der Waals surface area contributed by atoms with Gasteiger partial charge in [-0.15, -0.1) is 0 Å². The lowest BCUT2D eigenvalue weighted by Crippen LogP contribution is -2.30. The van der Waals surface area contributed by atoms with Crippen LogP contribution in [0, 0.1) is 6.92 Å². The molecule has 1 aliphatic rings. The minimum absolute atomic E-state index is 1.05. The molecule has 0 amide bonds. The molecule has 1 aromatic heterocycles. The van der Waals surface area contributed by atoms with E-state index >= 15 is 0 Å². The standard InChI is InChI=1S/C10H15N3/c1-9-7-10(12-8-11-9)13-5-3-2-4-6-13/h7-8H,2-6H2,1H3. The average Bonchev–Trinajstić information content (AvgIpc) is 2.19. The van der Waals surface area contributed by atoms with Crippen LogP contribution in [0.4, 0.5) is 5.82 Å². The summed E-state index contributed by atoms with van der Waals surface area (Å²) in [6.45, 7) is 4.31. The van der Waals surface area contributed by atoms with Crippen LogP contribution < -0.4 is 4.90 Å². The van der Waals surface area contributed by atoms with Gasteiger partial charge in [0.15, 0.2) is 0 Å². The molecular formula is C10H15N3. The Morgan fingerprint density at radius 3 is 2.62 bits per heavy atom. The number of hydrogen-bond donors (Lipinski definition) is 0. The van der Waals surface area contributed by atoms with E-state index in [4.69, 9.17) is 0 Å². The third kappa shape index (κ3) is 1.97. The zero-order chi connectivity index (χ0) is 9.10. The Kier molecular flexibility index (Phi) is 2.43. The van der Waals surface area contributed by atoms with Crippen LogP contribution in [0.3, 0.4) is 0 Å². The van der Waals surface area contributed by atoms with E-state index in [9.17, 15) is 0 Å². The van der Waals surface area contributed by atoms with Crippen LogP contribution in [-0.2, 0) is 0 Å². The molecule has 3 nitrogen and oxygen atoms in total. The molecule has 0 saturated carbocycles. The SMILES string of the molecule is Cc1cc(N2CCCCC2)ncn1. The predicted octanol–water partition coefficient (Wildman–Crippen LogP) is 1.78. The van der Waals surface area contributed by atoms with Crippen molar-refractivity contribution in [1.29, 1.82) is 0 Å². The molecule has 70 valence electrons. The van der Waals surface area contributed by atoms with Crippen molar-refractivity contribution in [1.82, 2.24) is 9.97 Å². The summed E-state index contributed by atoms with van der Waals surface area (Å²) in [7, 11) is 0. The number of rotatable bonds is 1. The monoisotopic (exact) mass is 177 g/mol. The summed E-state index contributed by atoms with van der Waals surface area (Å²) in [6, 6.07) is 2.06. The highest BCUT2D eigenvalue weighted by molar-refractivity contribution is 5.38. The highest BCUT2D eigenvalue weighted by Gasteiger charge is 2.11. The van der Waals surface area contributed by atoms with Crippen LogP contribution >= 0.6 is 0 Å². The lowest BCUT2D eigenvalue weighted by atomic mass is 10.1. The summed E-state index contributed by atoms with van der Waals surface area (Å²) in [5.41, 5.74) is 1.05. The Morgan fingerprint density at radius 2 is 1.92 bits per heavy atom. The second-order valence-electron chi connectivity index (χ2n) is 3.57. The van der Waals surface area contributed by atoms with Gasteiger partial charge in [-0.1, -0.05) is 0 Å². The molecule has 2 rings (SSSR count). The van der Waals surface area contributed by atoms with Crippen LogP contribution in [0.5, 0.6) is 0 Å². The van der Waals surface area contributed by atoms with Gasteiger partial charge in [0, 0.05) is 24.8 Å². The van der Waals surface area contributed by atoms with Crippen LogP contribution in [0.25, 0.3) is 0 Å². The van der Waals surface area contributed by atoms with Gasteiger partial charge < -0.3 is 4.90 Å². The summed E-state index contributed by atoms with van der Waals surface area (Å²) < 4.78 is 0. The van der Waals surface area contributed by atoms with Crippen LogP contribution in [-0.4, -0.2) is 23.1 Å². The number of piperidine rings is 1. The van der Waals surface area contributed by atoms with Gasteiger partial charge in [0.05, 0.1) is 0 Å². The second-order valence-corrected chi connectivity index (χ2v) is 3.57. The molecule has 0 spiro atoms. The third-order valence-electron chi connectivity index (χ3n) is 2.47. The molecule has 0 bridgehead atoms. The zero-order valence-corrected chi connectivity index (χ0v) is 8.03. The van der Waals surface area contributed by atoms with Gasteiger partial charge in [-0.3, -0.25) is 0 Å². The average molecular weight is 177 g/mol. The highest BCUT2D eigenvalue weighted by atomic mass is 15.2. The fourth-order valence-electron chi connectivity index (χ4n) is 1.74. The summed E-state index contributed by atoms with van der Waals surface area (Å²) in [4.78, 5) is 10.7. The van der Waals surface area contributed by atoms with E-state index in [1.54, 1.807) is 6.33 Å². The molecule has 1 aliphatic heterocycles. The van der Waals surface area contributed by atoms with Crippen molar-refractivity contribution in [3.8, 4) is 0 Å². The first-order valence-electron chi connectivity index (χ1n) is 4.90. The first kappa shape index (κ1) is 8.48. The van der Waals surface area contributed by atoms with E-state index in [2.05, 4.69) is 20.9 Å². The van der Waals surface area contributed by atoms with Gasteiger partial charge in [-0.25, -0.2) is 9.97 Å². The quantitative estimate of drug-likeness (QED) is 0.654. The van der Waals surface area contributed by atoms with E-state index in [1.165, 1.54) is 19.3 Å². The summed E-state index contributed by atoms with van der Waals surface area (Å²) in [5, 5.41) is 0. The Balaban J connectivity index is 2.14. The maximum absolute atomic E-state index is 4.28. The minimum atomic E-state index is 1.05. The Bertz CT molecular complexity index is 279. The molecule has 13 heavy (non-hydrogen) atoms. The van der Waals surface area contributed by atoms with Crippen molar-refractivity contribution < 1.29 is 0 Å². The van der Waals surface area contributed by atoms with Crippen LogP contribution in [0.2, 0.25) is 0 Å². The molecule has 0 unspecified atom stereocenters. The maximum atomic E-state index is 4.28. The predicted molar refractivity (Wildman–Crippen MR) is 52.8 cm³/mol. The summed E-state index contributed by atoms with van der Waals surface area (Å²) >= 11 is 0. The van der Waals surface area contributed by atoms with Crippen molar-refractivity contribution in [2.45, 2.75) is 26.2 Å². The molecule has 0 radical (unpaired) electrons. The van der Waals surface area contributed by atoms with Gasteiger partial charge in [0.2, 0.25) is 0 Å². The molecular weight excluding hydrogens is 162 g/mol. The summed E-state index contributed by atoms with van der Waals surface area (Å²) in [5.74, 6) is 1.09. The van der Waals surface area contributed by atoms with E-state index < -0.39 is 0 Å². The fourth-order valence-corrected chi connectivity index (χ4v) is 1.74. The highest BCUT2D eigenvalue weighted by Crippen LogP contribution is 2.16. The number of hydrogen-bond acceptors (Lipinski definition) is 3. The number of aryl methyl sites for hydroxylation is 1. The topological polar surface area (TPSA) is 29.0 Å². The van der Waals surface area contributed by atoms with Crippen molar-refractivity contribution in [2.75, 3.05) is 18.0 Å². The van der Waals surface area contributed by atoms with E-state index in [0.29, 0.717) is 0 Å². The normalized spacial score (nSPS) is 17.5. The third-order valence-corrected chi connectivity index (χ3v) is 2.47. The number of anilines is 1. The molecule has 2 heterocycles. The fraction of sp³-hybridized carbons (Fsp3) is 0.600. The van der Waals surface area contributed by atoms with Crippen molar-refractivity contribution in [3.05, 3.63) is 18.1 Å². The molecule has 1 aromatic rings. The molecule has 0 aromatic carbocycles. The van der Waals surface area contributed by atoms with Gasteiger partial charge in [-0.05, 0) is 26.2 Å². The van der Waals surface area contributed by atoms with E-state index in [0.717, 1.165) is 24.6 Å². The molecule has 0 atom stereocenters. The van der Waals surface area contributed by atoms with E-state index in [-0.39, 0.29) is 0 Å². The molecule has 1 saturated heterocycles. The van der Waals surface area contributed by atoms with Gasteiger partial charge >= 0.3 is 0 Å². The maximum Gasteiger partial charge on any atom is 0.132 e. The lowest BCUT2D eigenvalue weighted by Gasteiger charge is -2.27. The van der Waals surface area contributed by atoms with Gasteiger partial charge in [-0.2, -0.15) is 0 Å². The number of aromatic nitrogens is 2. The lowest BCUT2D eigenvalue weighted by molar-refractivity contribution is 0.573. The van der Waals surface area contributed by atoms with Gasteiger partial charge in [0.1, 0.15) is 12.1 Å².